The van der Waals surface area contributed by atoms with Gasteiger partial charge in [-0.15, -0.1) is 0 Å². The van der Waals surface area contributed by atoms with Crippen molar-refractivity contribution in [1.82, 2.24) is 0 Å². The highest BCUT2D eigenvalue weighted by Crippen LogP contribution is 2.29. The zero-order chi connectivity index (χ0) is 19.5. The highest BCUT2D eigenvalue weighted by atomic mass is 35.5. The van der Waals surface area contributed by atoms with E-state index in [1.54, 1.807) is 18.2 Å². The summed E-state index contributed by atoms with van der Waals surface area (Å²) in [5.41, 5.74) is 1.83. The molecular weight excluding hydrogens is 372 g/mol. The predicted molar refractivity (Wildman–Crippen MR) is 107 cm³/mol. The Bertz CT molecular complexity index is 905. The summed E-state index contributed by atoms with van der Waals surface area (Å²) in [6.07, 6.45) is 1.06. The van der Waals surface area contributed by atoms with E-state index >= 15 is 0 Å². The Morgan fingerprint density at radius 3 is 2.35 bits per heavy atom. The lowest BCUT2D eigenvalue weighted by Crippen LogP contribution is -2.37. The van der Waals surface area contributed by atoms with Crippen molar-refractivity contribution in [3.05, 3.63) is 59.1 Å². The Kier molecular flexibility index (Phi) is 5.98. The van der Waals surface area contributed by atoms with Crippen molar-refractivity contribution < 1.29 is 13.2 Å². The number of rotatable bonds is 5. The Morgan fingerprint density at radius 1 is 1.12 bits per heavy atom. The fraction of sp³-hybridized carbons (Fsp3) is 0.316. The van der Waals surface area contributed by atoms with E-state index in [4.69, 9.17) is 11.6 Å². The van der Waals surface area contributed by atoms with E-state index < -0.39 is 15.9 Å². The molecule has 0 aliphatic carbocycles. The summed E-state index contributed by atoms with van der Waals surface area (Å²) in [4.78, 5) is 12.6. The van der Waals surface area contributed by atoms with Gasteiger partial charge in [-0.3, -0.25) is 9.10 Å². The molecule has 0 aliphatic rings. The van der Waals surface area contributed by atoms with Crippen LogP contribution in [0.3, 0.4) is 0 Å². The molecule has 1 amide bonds. The van der Waals surface area contributed by atoms with Gasteiger partial charge in [0, 0.05) is 10.7 Å². The largest absolute Gasteiger partial charge is 0.324 e. The Balaban J connectivity index is 2.27. The number of hydrogen-bond donors (Lipinski definition) is 1. The van der Waals surface area contributed by atoms with Gasteiger partial charge in [0.1, 0.15) is 6.54 Å². The van der Waals surface area contributed by atoms with Crippen molar-refractivity contribution in [3.63, 3.8) is 0 Å². The van der Waals surface area contributed by atoms with Crippen LogP contribution in [0.25, 0.3) is 0 Å². The van der Waals surface area contributed by atoms with E-state index in [-0.39, 0.29) is 12.0 Å². The molecule has 2 aromatic rings. The average Bonchev–Trinajstić information content (AvgIpc) is 2.51. The van der Waals surface area contributed by atoms with Gasteiger partial charge in [0.05, 0.1) is 11.9 Å². The summed E-state index contributed by atoms with van der Waals surface area (Å²) in [5.74, 6) is -0.424. The minimum Gasteiger partial charge on any atom is -0.324 e. The van der Waals surface area contributed by atoms with Crippen LogP contribution in [0.2, 0.25) is 5.02 Å². The van der Waals surface area contributed by atoms with Crippen LogP contribution in [0.1, 0.15) is 26.3 Å². The molecule has 0 atom stereocenters. The van der Waals surface area contributed by atoms with Crippen LogP contribution in [-0.2, 0) is 20.2 Å². The number of carbonyl (C=O) groups is 1. The number of halogens is 1. The summed E-state index contributed by atoms with van der Waals surface area (Å²) in [6, 6.07) is 13.9. The van der Waals surface area contributed by atoms with Crippen molar-refractivity contribution in [2.75, 3.05) is 22.4 Å². The molecular formula is C19H23ClN2O3S. The lowest BCUT2D eigenvalue weighted by Gasteiger charge is -2.25. The minimum atomic E-state index is -3.65. The number of amides is 1. The van der Waals surface area contributed by atoms with Gasteiger partial charge in [0.15, 0.2) is 0 Å². The maximum Gasteiger partial charge on any atom is 0.245 e. The summed E-state index contributed by atoms with van der Waals surface area (Å²) >= 11 is 5.95. The second kappa shape index (κ2) is 7.68. The van der Waals surface area contributed by atoms with E-state index in [1.807, 2.05) is 45.0 Å². The van der Waals surface area contributed by atoms with Gasteiger partial charge in [-0.1, -0.05) is 56.6 Å². The van der Waals surface area contributed by atoms with E-state index in [1.165, 1.54) is 6.07 Å². The number of nitrogens with one attached hydrogen (secondary N) is 1. The third-order valence-electron chi connectivity index (χ3n) is 3.79. The Hall–Kier alpha value is -2.05. The maximum absolute atomic E-state index is 12.6. The van der Waals surface area contributed by atoms with Crippen LogP contribution in [0.4, 0.5) is 11.4 Å². The Labute approximate surface area is 160 Å². The summed E-state index contributed by atoms with van der Waals surface area (Å²) in [6.45, 7) is 5.81. The highest BCUT2D eigenvalue weighted by Gasteiger charge is 2.23. The summed E-state index contributed by atoms with van der Waals surface area (Å²) < 4.78 is 25.4. The van der Waals surface area contributed by atoms with Crippen molar-refractivity contribution in [2.24, 2.45) is 0 Å². The number of hydrogen-bond acceptors (Lipinski definition) is 3. The van der Waals surface area contributed by atoms with Crippen LogP contribution in [0, 0.1) is 0 Å². The first-order chi connectivity index (χ1) is 12.0. The lowest BCUT2D eigenvalue weighted by molar-refractivity contribution is -0.114. The molecule has 0 saturated carbocycles. The van der Waals surface area contributed by atoms with Crippen molar-refractivity contribution in [3.8, 4) is 0 Å². The van der Waals surface area contributed by atoms with E-state index in [0.717, 1.165) is 16.1 Å². The number of benzene rings is 2. The molecule has 0 saturated heterocycles. The van der Waals surface area contributed by atoms with Gasteiger partial charge >= 0.3 is 0 Å². The smallest absolute Gasteiger partial charge is 0.245 e. The van der Waals surface area contributed by atoms with Crippen LogP contribution >= 0.6 is 11.6 Å². The molecule has 140 valence electrons. The van der Waals surface area contributed by atoms with Crippen LogP contribution < -0.4 is 9.62 Å². The van der Waals surface area contributed by atoms with Gasteiger partial charge in [-0.05, 0) is 35.2 Å². The fourth-order valence-electron chi connectivity index (χ4n) is 2.60. The lowest BCUT2D eigenvalue weighted by atomic mass is 9.86. The standard InChI is InChI=1S/C19H23ClN2O3S/c1-19(2,3)16-10-5-6-11-17(16)21-18(23)13-22(26(4,24)25)15-9-7-8-14(20)12-15/h5-12H,13H2,1-4H3,(H,21,23). The number of anilines is 2. The summed E-state index contributed by atoms with van der Waals surface area (Å²) in [5, 5.41) is 3.22. The maximum atomic E-state index is 12.6. The molecule has 26 heavy (non-hydrogen) atoms. The molecule has 0 fully saturated rings. The van der Waals surface area contributed by atoms with Crippen molar-refractivity contribution in [1.29, 1.82) is 0 Å². The second-order valence-corrected chi connectivity index (χ2v) is 9.44. The number of nitrogens with zero attached hydrogens (tertiary/aromatic N) is 1. The molecule has 0 unspecified atom stereocenters. The molecule has 2 aromatic carbocycles. The zero-order valence-corrected chi connectivity index (χ0v) is 16.9. The first-order valence-electron chi connectivity index (χ1n) is 8.11. The van der Waals surface area contributed by atoms with E-state index in [2.05, 4.69) is 5.32 Å². The van der Waals surface area contributed by atoms with Crippen LogP contribution in [-0.4, -0.2) is 27.1 Å². The van der Waals surface area contributed by atoms with Gasteiger partial charge in [0.25, 0.3) is 0 Å². The highest BCUT2D eigenvalue weighted by molar-refractivity contribution is 7.92. The topological polar surface area (TPSA) is 66.5 Å². The normalized spacial score (nSPS) is 11.9. The van der Waals surface area contributed by atoms with Gasteiger partial charge < -0.3 is 5.32 Å². The quantitative estimate of drug-likeness (QED) is 0.832. The van der Waals surface area contributed by atoms with Crippen molar-refractivity contribution in [2.45, 2.75) is 26.2 Å². The number of sulfonamides is 1. The molecule has 0 heterocycles. The molecule has 1 N–H and O–H groups in total. The van der Waals surface area contributed by atoms with E-state index in [9.17, 15) is 13.2 Å². The third kappa shape index (κ3) is 5.22. The summed E-state index contributed by atoms with van der Waals surface area (Å²) in [7, 11) is -3.65. The van der Waals surface area contributed by atoms with Crippen LogP contribution in [0.15, 0.2) is 48.5 Å². The fourth-order valence-corrected chi connectivity index (χ4v) is 3.63. The average molecular weight is 395 g/mol. The molecule has 2 rings (SSSR count). The molecule has 0 spiro atoms. The molecule has 5 nitrogen and oxygen atoms in total. The number of para-hydroxylation sites is 1. The SMILES string of the molecule is CC(C)(C)c1ccccc1NC(=O)CN(c1cccc(Cl)c1)S(C)(=O)=O. The monoisotopic (exact) mass is 394 g/mol. The third-order valence-corrected chi connectivity index (χ3v) is 5.17. The van der Waals surface area contributed by atoms with Gasteiger partial charge in [-0.2, -0.15) is 0 Å². The molecule has 7 heteroatoms. The van der Waals surface area contributed by atoms with Gasteiger partial charge in [0.2, 0.25) is 15.9 Å². The van der Waals surface area contributed by atoms with Gasteiger partial charge in [-0.25, -0.2) is 8.42 Å². The molecule has 0 aromatic heterocycles. The molecule has 0 radical (unpaired) electrons. The first kappa shape index (κ1) is 20.3. The predicted octanol–water partition coefficient (Wildman–Crippen LogP) is 4.04. The van der Waals surface area contributed by atoms with E-state index in [0.29, 0.717) is 16.4 Å². The number of carbonyl (C=O) groups excluding carboxylic acids is 1. The minimum absolute atomic E-state index is 0.159. The zero-order valence-electron chi connectivity index (χ0n) is 15.3. The molecule has 0 aliphatic heterocycles. The second-order valence-electron chi connectivity index (χ2n) is 7.09. The Morgan fingerprint density at radius 2 is 1.77 bits per heavy atom. The van der Waals surface area contributed by atoms with Crippen molar-refractivity contribution >= 4 is 38.9 Å². The first-order valence-corrected chi connectivity index (χ1v) is 10.3. The van der Waals surface area contributed by atoms with Crippen LogP contribution in [0.5, 0.6) is 0 Å². The molecule has 0 bridgehead atoms.